The molecule has 0 unspecified atom stereocenters. The van der Waals surface area contributed by atoms with Crippen molar-refractivity contribution in [3.8, 4) is 5.88 Å². The number of halogens is 2. The smallest absolute Gasteiger partial charge is 0.312 e. The molecule has 30 heavy (non-hydrogen) atoms. The molecule has 3 N–H and O–H groups in total. The van der Waals surface area contributed by atoms with Crippen LogP contribution in [0.25, 0.3) is 11.2 Å². The predicted molar refractivity (Wildman–Crippen MR) is 112 cm³/mol. The molecule has 0 radical (unpaired) electrons. The Kier molecular flexibility index (Phi) is 5.60. The number of aliphatic hydroxyl groups excluding tert-OH is 1. The second-order valence-electron chi connectivity index (χ2n) is 6.74. The van der Waals surface area contributed by atoms with Crippen LogP contribution >= 0.6 is 15.9 Å². The van der Waals surface area contributed by atoms with Gasteiger partial charge in [-0.1, -0.05) is 24.3 Å². The number of anilines is 1. The number of fused-ring (bicyclic) bond motifs is 1. The Hall–Kier alpha value is -3.11. The minimum absolute atomic E-state index is 0.00740. The van der Waals surface area contributed by atoms with E-state index in [9.17, 15) is 9.50 Å². The molecule has 0 aliphatic heterocycles. The Morgan fingerprint density at radius 1 is 1.10 bits per heavy atom. The number of benzene rings is 1. The molecular formula is C20H18BrFN6O2. The van der Waals surface area contributed by atoms with Gasteiger partial charge in [-0.15, -0.1) is 0 Å². The van der Waals surface area contributed by atoms with Gasteiger partial charge in [0.1, 0.15) is 6.61 Å². The van der Waals surface area contributed by atoms with Crippen molar-refractivity contribution in [3.05, 3.63) is 69.6 Å². The SMILES string of the molecule is Cc1cc(CO)cc(OCc2cccc(Cn3c(Br)nc4c(N)nc(F)nc43)c2)n1. The highest BCUT2D eigenvalue weighted by Crippen LogP contribution is 2.24. The first-order valence-electron chi connectivity index (χ1n) is 9.06. The molecule has 10 heteroatoms. The van der Waals surface area contributed by atoms with Crippen molar-refractivity contribution >= 4 is 32.9 Å². The molecule has 0 aliphatic carbocycles. The largest absolute Gasteiger partial charge is 0.473 e. The fourth-order valence-electron chi connectivity index (χ4n) is 3.14. The summed E-state index contributed by atoms with van der Waals surface area (Å²) in [7, 11) is 0. The van der Waals surface area contributed by atoms with Crippen LogP contribution in [0.4, 0.5) is 10.2 Å². The first-order valence-corrected chi connectivity index (χ1v) is 9.86. The number of aromatic nitrogens is 5. The lowest BCUT2D eigenvalue weighted by Crippen LogP contribution is -2.05. The second-order valence-corrected chi connectivity index (χ2v) is 7.45. The third kappa shape index (κ3) is 4.24. The zero-order valence-electron chi connectivity index (χ0n) is 16.0. The molecule has 4 rings (SSSR count). The monoisotopic (exact) mass is 472 g/mol. The van der Waals surface area contributed by atoms with Crippen molar-refractivity contribution in [3.63, 3.8) is 0 Å². The maximum Gasteiger partial charge on any atom is 0.312 e. The van der Waals surface area contributed by atoms with Gasteiger partial charge in [0.25, 0.3) is 0 Å². The Morgan fingerprint density at radius 3 is 2.70 bits per heavy atom. The molecule has 0 bridgehead atoms. The summed E-state index contributed by atoms with van der Waals surface area (Å²) in [6.45, 7) is 2.49. The van der Waals surface area contributed by atoms with Crippen molar-refractivity contribution in [2.24, 2.45) is 0 Å². The number of ether oxygens (including phenoxy) is 1. The van der Waals surface area contributed by atoms with Gasteiger partial charge < -0.3 is 15.6 Å². The van der Waals surface area contributed by atoms with Crippen LogP contribution in [0.2, 0.25) is 0 Å². The minimum atomic E-state index is -0.899. The molecule has 0 saturated carbocycles. The van der Waals surface area contributed by atoms with Crippen LogP contribution in [-0.4, -0.2) is 29.6 Å². The van der Waals surface area contributed by atoms with Gasteiger partial charge in [-0.2, -0.15) is 14.4 Å². The summed E-state index contributed by atoms with van der Waals surface area (Å²) >= 11 is 3.38. The molecule has 0 fully saturated rings. The van der Waals surface area contributed by atoms with Crippen LogP contribution in [-0.2, 0) is 19.8 Å². The fourth-order valence-corrected chi connectivity index (χ4v) is 3.61. The van der Waals surface area contributed by atoms with Gasteiger partial charge in [0, 0.05) is 11.8 Å². The summed E-state index contributed by atoms with van der Waals surface area (Å²) in [6.07, 6.45) is -0.899. The lowest BCUT2D eigenvalue weighted by atomic mass is 10.1. The van der Waals surface area contributed by atoms with Crippen molar-refractivity contribution < 1.29 is 14.2 Å². The second kappa shape index (κ2) is 8.33. The maximum absolute atomic E-state index is 13.6. The third-order valence-electron chi connectivity index (χ3n) is 4.44. The molecule has 0 saturated heterocycles. The van der Waals surface area contributed by atoms with E-state index < -0.39 is 6.08 Å². The van der Waals surface area contributed by atoms with E-state index in [2.05, 4.69) is 35.9 Å². The zero-order valence-corrected chi connectivity index (χ0v) is 17.6. The maximum atomic E-state index is 13.6. The number of nitrogens with two attached hydrogens (primary N) is 1. The summed E-state index contributed by atoms with van der Waals surface area (Å²) in [4.78, 5) is 16.0. The lowest BCUT2D eigenvalue weighted by molar-refractivity contribution is 0.274. The molecule has 154 valence electrons. The van der Waals surface area contributed by atoms with Gasteiger partial charge in [0.2, 0.25) is 5.88 Å². The number of imidazole rings is 1. The summed E-state index contributed by atoms with van der Waals surface area (Å²) < 4.78 is 21.6. The number of hydrogen-bond donors (Lipinski definition) is 2. The van der Waals surface area contributed by atoms with Crippen LogP contribution in [0.15, 0.2) is 41.1 Å². The number of pyridine rings is 1. The van der Waals surface area contributed by atoms with Crippen LogP contribution in [0.5, 0.6) is 5.88 Å². The molecule has 0 aliphatic rings. The summed E-state index contributed by atoms with van der Waals surface area (Å²) in [5.74, 6) is 0.447. The van der Waals surface area contributed by atoms with E-state index in [1.807, 2.05) is 31.2 Å². The standard InChI is InChI=1S/C20H18BrFN6O2/c1-11-5-14(9-29)7-15(24-11)30-10-13-4-2-3-12(6-13)8-28-18-16(25-19(28)21)17(23)26-20(22)27-18/h2-7,29H,8-10H2,1H3,(H2,23,26,27). The molecule has 0 amide bonds. The summed E-state index contributed by atoms with van der Waals surface area (Å²) in [5, 5.41) is 9.33. The molecule has 3 aromatic heterocycles. The molecule has 4 aromatic rings. The Bertz CT molecular complexity index is 1230. The number of aryl methyl sites for hydroxylation is 1. The molecule has 8 nitrogen and oxygen atoms in total. The van der Waals surface area contributed by atoms with Gasteiger partial charge in [-0.25, -0.2) is 9.97 Å². The Morgan fingerprint density at radius 2 is 1.90 bits per heavy atom. The van der Waals surface area contributed by atoms with E-state index in [-0.39, 0.29) is 12.4 Å². The number of nitrogens with zero attached hydrogens (tertiary/aromatic N) is 5. The molecule has 0 atom stereocenters. The van der Waals surface area contributed by atoms with E-state index in [1.54, 1.807) is 16.7 Å². The number of rotatable bonds is 6. The van der Waals surface area contributed by atoms with Crippen molar-refractivity contribution in [1.82, 2.24) is 24.5 Å². The van der Waals surface area contributed by atoms with E-state index in [4.69, 9.17) is 10.5 Å². The van der Waals surface area contributed by atoms with Gasteiger partial charge in [-0.05, 0) is 45.6 Å². The predicted octanol–water partition coefficient (Wildman–Crippen LogP) is 3.13. The summed E-state index contributed by atoms with van der Waals surface area (Å²) in [6, 6.07) is 11.3. The zero-order chi connectivity index (χ0) is 21.3. The first-order chi connectivity index (χ1) is 14.4. The fraction of sp³-hybridized carbons (Fsp3) is 0.200. The quantitative estimate of drug-likeness (QED) is 0.327. The highest BCUT2D eigenvalue weighted by Gasteiger charge is 2.15. The van der Waals surface area contributed by atoms with Crippen LogP contribution in [0, 0.1) is 13.0 Å². The van der Waals surface area contributed by atoms with Gasteiger partial charge >= 0.3 is 6.08 Å². The van der Waals surface area contributed by atoms with Crippen molar-refractivity contribution in [1.29, 1.82) is 0 Å². The van der Waals surface area contributed by atoms with Crippen LogP contribution < -0.4 is 10.5 Å². The number of nitrogen functional groups attached to an aromatic ring is 1. The average Bonchev–Trinajstić information content (AvgIpc) is 3.02. The molecular weight excluding hydrogens is 455 g/mol. The van der Waals surface area contributed by atoms with E-state index in [1.165, 1.54) is 0 Å². The van der Waals surface area contributed by atoms with Crippen molar-refractivity contribution in [2.45, 2.75) is 26.7 Å². The lowest BCUT2D eigenvalue weighted by Gasteiger charge is -2.10. The topological polar surface area (TPSA) is 112 Å². The van der Waals surface area contributed by atoms with Gasteiger partial charge in [0.05, 0.1) is 13.2 Å². The van der Waals surface area contributed by atoms with Gasteiger partial charge in [0.15, 0.2) is 21.7 Å². The van der Waals surface area contributed by atoms with Crippen molar-refractivity contribution in [2.75, 3.05) is 5.73 Å². The van der Waals surface area contributed by atoms with Crippen LogP contribution in [0.1, 0.15) is 22.4 Å². The normalized spacial score (nSPS) is 11.2. The van der Waals surface area contributed by atoms with E-state index >= 15 is 0 Å². The molecule has 1 aromatic carbocycles. The number of aliphatic hydroxyl groups is 1. The van der Waals surface area contributed by atoms with E-state index in [0.29, 0.717) is 34.9 Å². The average molecular weight is 473 g/mol. The summed E-state index contributed by atoms with van der Waals surface area (Å²) in [5.41, 5.74) is 9.81. The molecule has 3 heterocycles. The third-order valence-corrected chi connectivity index (χ3v) is 5.04. The minimum Gasteiger partial charge on any atom is -0.473 e. The molecule has 0 spiro atoms. The Labute approximate surface area is 179 Å². The first kappa shape index (κ1) is 20.2. The van der Waals surface area contributed by atoms with Crippen LogP contribution in [0.3, 0.4) is 0 Å². The highest BCUT2D eigenvalue weighted by molar-refractivity contribution is 9.10. The van der Waals surface area contributed by atoms with E-state index in [0.717, 1.165) is 22.4 Å². The van der Waals surface area contributed by atoms with Gasteiger partial charge in [-0.3, -0.25) is 4.57 Å². The number of hydrogen-bond acceptors (Lipinski definition) is 7. The Balaban J connectivity index is 1.55. The highest BCUT2D eigenvalue weighted by atomic mass is 79.9.